The van der Waals surface area contributed by atoms with Crippen LogP contribution in [-0.2, 0) is 0 Å². The second-order valence-electron chi connectivity index (χ2n) is 12.8. The summed E-state index contributed by atoms with van der Waals surface area (Å²) in [5.74, 6) is 1.96. The van der Waals surface area contributed by atoms with Crippen molar-refractivity contribution in [1.82, 2.24) is 25.3 Å². The number of nitrogens with zero attached hydrogens (tertiary/aromatic N) is 5. The van der Waals surface area contributed by atoms with Gasteiger partial charge in [0.25, 0.3) is 0 Å². The molecule has 2 aromatic heterocycles. The molecule has 4 heterocycles. The van der Waals surface area contributed by atoms with Crippen LogP contribution in [0.5, 0.6) is 0 Å². The van der Waals surface area contributed by atoms with Gasteiger partial charge in [-0.2, -0.15) is 0 Å². The third-order valence-electron chi connectivity index (χ3n) is 9.36. The molecule has 2 fully saturated rings. The van der Waals surface area contributed by atoms with E-state index in [-0.39, 0.29) is 11.2 Å². The van der Waals surface area contributed by atoms with Gasteiger partial charge in [-0.05, 0) is 96.2 Å². The van der Waals surface area contributed by atoms with E-state index in [0.29, 0.717) is 17.6 Å². The van der Waals surface area contributed by atoms with E-state index in [0.717, 1.165) is 80.3 Å². The van der Waals surface area contributed by atoms with Crippen LogP contribution in [0.3, 0.4) is 0 Å². The van der Waals surface area contributed by atoms with Crippen LogP contribution >= 0.6 is 11.6 Å². The third-order valence-corrected chi connectivity index (χ3v) is 9.54. The van der Waals surface area contributed by atoms with Crippen molar-refractivity contribution in [2.75, 3.05) is 31.1 Å². The van der Waals surface area contributed by atoms with Gasteiger partial charge < -0.3 is 21.7 Å². The normalized spacial score (nSPS) is 15.0. The van der Waals surface area contributed by atoms with Gasteiger partial charge in [0, 0.05) is 48.4 Å². The van der Waals surface area contributed by atoms with Crippen LogP contribution in [0.4, 0.5) is 5.95 Å². The maximum atomic E-state index is 7.60. The van der Waals surface area contributed by atoms with Crippen LogP contribution in [0.2, 0.25) is 5.28 Å². The number of hydrogen-bond acceptors (Lipinski definition) is 8. The van der Waals surface area contributed by atoms with Crippen molar-refractivity contribution in [2.24, 2.45) is 23.3 Å². The Kier molecular flexibility index (Phi) is 11.8. The summed E-state index contributed by atoms with van der Waals surface area (Å²) in [6, 6.07) is 33.0. The van der Waals surface area contributed by atoms with Crippen molar-refractivity contribution in [2.45, 2.75) is 25.7 Å². The first-order valence-corrected chi connectivity index (χ1v) is 17.7. The van der Waals surface area contributed by atoms with Gasteiger partial charge in [0.15, 0.2) is 0 Å². The van der Waals surface area contributed by atoms with E-state index >= 15 is 0 Å². The van der Waals surface area contributed by atoms with Crippen LogP contribution in [-0.4, -0.2) is 57.8 Å². The second-order valence-corrected chi connectivity index (χ2v) is 13.1. The SMILES string of the molecule is Clc1nccc(-c2ccc3ccccc3c2)n1.N=C(N)C1CCN(c2nccc(-c3ccc4ccccc4c3)n2)CC1.N=C(N)C1CCNCC1. The molecule has 0 unspecified atom stereocenters. The second kappa shape index (κ2) is 17.0. The maximum absolute atomic E-state index is 7.60. The minimum Gasteiger partial charge on any atom is -0.387 e. The Labute approximate surface area is 303 Å². The standard InChI is InChI=1S/C20H21N5.C14H9ClN2.C6H13N3/c21-19(22)15-8-11-25(12-9-15)20-23-10-7-18(24-20)17-6-5-14-3-1-2-4-16(14)13-17;15-14-16-8-7-13(17-14)12-6-5-10-3-1-2-4-11(10)9-12;7-6(8)5-1-3-9-4-2-5/h1-7,10,13,15H,8-9,11-12H2,(H3,21,22);1-9H;5,9H,1-4H2,(H3,7,8). The molecule has 4 aromatic carbocycles. The summed E-state index contributed by atoms with van der Waals surface area (Å²) in [6.45, 7) is 3.71. The first-order chi connectivity index (χ1) is 24.8. The van der Waals surface area contributed by atoms with Crippen molar-refractivity contribution in [1.29, 1.82) is 10.8 Å². The summed E-state index contributed by atoms with van der Waals surface area (Å²) < 4.78 is 0. The Morgan fingerprint density at radius 1 is 0.627 bits per heavy atom. The highest BCUT2D eigenvalue weighted by Gasteiger charge is 2.23. The Morgan fingerprint density at radius 2 is 1.12 bits per heavy atom. The molecule has 51 heavy (non-hydrogen) atoms. The predicted octanol–water partition coefficient (Wildman–Crippen LogP) is 7.32. The summed E-state index contributed by atoms with van der Waals surface area (Å²) in [5.41, 5.74) is 14.9. The highest BCUT2D eigenvalue weighted by atomic mass is 35.5. The molecule has 0 amide bonds. The number of fused-ring (bicyclic) bond motifs is 2. The van der Waals surface area contributed by atoms with E-state index in [4.69, 9.17) is 38.9 Å². The van der Waals surface area contributed by atoms with E-state index in [1.165, 1.54) is 21.5 Å². The van der Waals surface area contributed by atoms with E-state index in [9.17, 15) is 0 Å². The minimum atomic E-state index is 0.194. The number of nitrogens with two attached hydrogens (primary N) is 2. The third kappa shape index (κ3) is 9.42. The van der Waals surface area contributed by atoms with E-state index in [2.05, 4.69) is 91.9 Å². The quantitative estimate of drug-likeness (QED) is 0.0709. The number of piperidine rings is 2. The number of benzene rings is 4. The van der Waals surface area contributed by atoms with Gasteiger partial charge in [0.05, 0.1) is 23.1 Å². The number of anilines is 1. The molecular formula is C40H43ClN10. The lowest BCUT2D eigenvalue weighted by Gasteiger charge is -2.31. The maximum Gasteiger partial charge on any atom is 0.225 e. The number of amidine groups is 2. The molecule has 0 saturated carbocycles. The van der Waals surface area contributed by atoms with Crippen LogP contribution in [0.15, 0.2) is 109 Å². The molecule has 2 saturated heterocycles. The lowest BCUT2D eigenvalue weighted by molar-refractivity contribution is 0.453. The molecule has 0 spiro atoms. The van der Waals surface area contributed by atoms with Gasteiger partial charge >= 0.3 is 0 Å². The van der Waals surface area contributed by atoms with Crippen molar-refractivity contribution >= 4 is 50.8 Å². The van der Waals surface area contributed by atoms with Crippen molar-refractivity contribution in [3.8, 4) is 22.5 Å². The molecule has 7 N–H and O–H groups in total. The molecule has 0 bridgehead atoms. The van der Waals surface area contributed by atoms with Crippen LogP contribution in [0.1, 0.15) is 25.7 Å². The van der Waals surface area contributed by atoms with Gasteiger partial charge in [-0.15, -0.1) is 0 Å². The molecule has 2 aliphatic rings. The van der Waals surface area contributed by atoms with Crippen molar-refractivity contribution < 1.29 is 0 Å². The molecule has 8 rings (SSSR count). The molecular weight excluding hydrogens is 656 g/mol. The molecule has 2 aliphatic heterocycles. The van der Waals surface area contributed by atoms with Gasteiger partial charge in [0.1, 0.15) is 0 Å². The highest BCUT2D eigenvalue weighted by molar-refractivity contribution is 6.28. The minimum absolute atomic E-state index is 0.194. The fraction of sp³-hybridized carbons (Fsp3) is 0.250. The Balaban J connectivity index is 0.000000148. The smallest absolute Gasteiger partial charge is 0.225 e. The number of rotatable bonds is 5. The average molecular weight is 699 g/mol. The molecule has 0 radical (unpaired) electrons. The fourth-order valence-electron chi connectivity index (χ4n) is 6.38. The molecule has 0 aliphatic carbocycles. The number of halogens is 1. The summed E-state index contributed by atoms with van der Waals surface area (Å²) in [7, 11) is 0. The largest absolute Gasteiger partial charge is 0.387 e. The Bertz CT molecular complexity index is 2110. The van der Waals surface area contributed by atoms with E-state index < -0.39 is 0 Å². The molecule has 260 valence electrons. The first-order valence-electron chi connectivity index (χ1n) is 17.3. The molecule has 11 heteroatoms. The zero-order valence-electron chi connectivity index (χ0n) is 28.5. The van der Waals surface area contributed by atoms with Gasteiger partial charge in [0.2, 0.25) is 11.2 Å². The lowest BCUT2D eigenvalue weighted by atomic mass is 9.96. The van der Waals surface area contributed by atoms with Crippen molar-refractivity contribution in [3.63, 3.8) is 0 Å². The number of nitrogens with one attached hydrogen (secondary N) is 3. The monoisotopic (exact) mass is 698 g/mol. The lowest BCUT2D eigenvalue weighted by Crippen LogP contribution is -2.39. The Hall–Kier alpha value is -5.45. The van der Waals surface area contributed by atoms with Gasteiger partial charge in [-0.1, -0.05) is 72.8 Å². The first kappa shape index (κ1) is 35.4. The highest BCUT2D eigenvalue weighted by Crippen LogP contribution is 2.26. The molecule has 0 atom stereocenters. The average Bonchev–Trinajstić information content (AvgIpc) is 3.18. The summed E-state index contributed by atoms with van der Waals surface area (Å²) >= 11 is 5.79. The van der Waals surface area contributed by atoms with Gasteiger partial charge in [-0.25, -0.2) is 19.9 Å². The van der Waals surface area contributed by atoms with Crippen LogP contribution in [0, 0.1) is 22.7 Å². The topological polar surface area (TPSA) is 167 Å². The number of hydrogen-bond donors (Lipinski definition) is 5. The van der Waals surface area contributed by atoms with Gasteiger partial charge in [-0.3, -0.25) is 10.8 Å². The zero-order valence-corrected chi connectivity index (χ0v) is 29.2. The summed E-state index contributed by atoms with van der Waals surface area (Å²) in [6.07, 6.45) is 7.34. The van der Waals surface area contributed by atoms with E-state index in [1.54, 1.807) is 6.20 Å². The number of aromatic nitrogens is 4. The molecule has 10 nitrogen and oxygen atoms in total. The summed E-state index contributed by atoms with van der Waals surface area (Å²) in [4.78, 5) is 19.5. The molecule has 6 aromatic rings. The van der Waals surface area contributed by atoms with E-state index in [1.807, 2.05) is 36.5 Å². The van der Waals surface area contributed by atoms with Crippen LogP contribution < -0.4 is 21.7 Å². The zero-order chi connectivity index (χ0) is 35.6. The van der Waals surface area contributed by atoms with Crippen molar-refractivity contribution in [3.05, 3.63) is 115 Å². The summed E-state index contributed by atoms with van der Waals surface area (Å²) in [5, 5.41) is 23.1. The predicted molar refractivity (Wildman–Crippen MR) is 209 cm³/mol. The van der Waals surface area contributed by atoms with Crippen LogP contribution in [0.25, 0.3) is 44.1 Å². The Morgan fingerprint density at radius 3 is 1.63 bits per heavy atom. The fourth-order valence-corrected chi connectivity index (χ4v) is 6.53.